The Morgan fingerprint density at radius 1 is 1.33 bits per heavy atom. The summed E-state index contributed by atoms with van der Waals surface area (Å²) in [6, 6.07) is 0.0627. The molecule has 1 atom stereocenters. The molecule has 2 N–H and O–H groups in total. The van der Waals surface area contributed by atoms with Gasteiger partial charge in [-0.05, 0) is 26.7 Å². The number of thiazole rings is 1. The van der Waals surface area contributed by atoms with Crippen LogP contribution < -0.4 is 5.73 Å². The lowest BCUT2D eigenvalue weighted by molar-refractivity contribution is -0.0582. The number of aryl methyl sites for hydroxylation is 2. The normalized spacial score (nSPS) is 20.9. The van der Waals surface area contributed by atoms with Crippen LogP contribution in [0.2, 0.25) is 0 Å². The monoisotopic (exact) mass is 268 g/mol. The zero-order valence-corrected chi connectivity index (χ0v) is 12.5. The van der Waals surface area contributed by atoms with Gasteiger partial charge < -0.3 is 10.5 Å². The van der Waals surface area contributed by atoms with Crippen LogP contribution in [0.1, 0.15) is 47.7 Å². The molecule has 0 bridgehead atoms. The fraction of sp³-hybridized carbons (Fsp3) is 0.786. The number of aromatic nitrogens is 1. The summed E-state index contributed by atoms with van der Waals surface area (Å²) in [7, 11) is 1.81. The molecule has 4 heteroatoms. The second-order valence-electron chi connectivity index (χ2n) is 5.39. The standard InChI is InChI=1S/C14H24N2OS/c1-10-11(2)18-13(16-10)9-12(15)14(17-3)7-5-4-6-8-14/h12H,4-9,15H2,1-3H3. The molecule has 0 aliphatic heterocycles. The van der Waals surface area contributed by atoms with Crippen LogP contribution in [0.5, 0.6) is 0 Å². The van der Waals surface area contributed by atoms with Gasteiger partial charge in [-0.2, -0.15) is 0 Å². The molecule has 1 aromatic heterocycles. The van der Waals surface area contributed by atoms with Gasteiger partial charge in [-0.15, -0.1) is 11.3 Å². The van der Waals surface area contributed by atoms with Crippen molar-refractivity contribution in [3.8, 4) is 0 Å². The summed E-state index contributed by atoms with van der Waals surface area (Å²) in [5.41, 5.74) is 7.44. The number of rotatable bonds is 4. The molecular formula is C14H24N2OS. The van der Waals surface area contributed by atoms with Gasteiger partial charge in [-0.3, -0.25) is 0 Å². The molecule has 0 saturated heterocycles. The topological polar surface area (TPSA) is 48.1 Å². The van der Waals surface area contributed by atoms with Gasteiger partial charge in [0.25, 0.3) is 0 Å². The molecule has 2 rings (SSSR count). The van der Waals surface area contributed by atoms with Gasteiger partial charge >= 0.3 is 0 Å². The third-order valence-electron chi connectivity index (χ3n) is 4.25. The summed E-state index contributed by atoms with van der Waals surface area (Å²) in [6.07, 6.45) is 6.80. The smallest absolute Gasteiger partial charge is 0.0947 e. The van der Waals surface area contributed by atoms with Crippen LogP contribution in [-0.4, -0.2) is 23.7 Å². The Kier molecular flexibility index (Phi) is 4.41. The fourth-order valence-corrected chi connectivity index (χ4v) is 3.87. The van der Waals surface area contributed by atoms with Crippen molar-refractivity contribution in [3.05, 3.63) is 15.6 Å². The van der Waals surface area contributed by atoms with Gasteiger partial charge in [0.05, 0.1) is 16.3 Å². The van der Waals surface area contributed by atoms with Crippen molar-refractivity contribution >= 4 is 11.3 Å². The van der Waals surface area contributed by atoms with E-state index in [4.69, 9.17) is 10.5 Å². The molecule has 1 aliphatic carbocycles. The minimum Gasteiger partial charge on any atom is -0.377 e. The van der Waals surface area contributed by atoms with E-state index >= 15 is 0 Å². The van der Waals surface area contributed by atoms with Crippen LogP contribution in [-0.2, 0) is 11.2 Å². The van der Waals surface area contributed by atoms with Gasteiger partial charge in [0.15, 0.2) is 0 Å². The van der Waals surface area contributed by atoms with Gasteiger partial charge in [-0.25, -0.2) is 4.98 Å². The van der Waals surface area contributed by atoms with Crippen LogP contribution in [0.15, 0.2) is 0 Å². The average molecular weight is 268 g/mol. The minimum absolute atomic E-state index is 0.0627. The number of nitrogens with zero attached hydrogens (tertiary/aromatic N) is 1. The lowest BCUT2D eigenvalue weighted by atomic mass is 9.78. The third kappa shape index (κ3) is 2.76. The van der Waals surface area contributed by atoms with Crippen LogP contribution >= 0.6 is 11.3 Å². The van der Waals surface area contributed by atoms with Crippen molar-refractivity contribution in [1.29, 1.82) is 0 Å². The largest absolute Gasteiger partial charge is 0.377 e. The van der Waals surface area contributed by atoms with E-state index in [0.717, 1.165) is 30.0 Å². The summed E-state index contributed by atoms with van der Waals surface area (Å²) >= 11 is 1.77. The van der Waals surface area contributed by atoms with Crippen LogP contribution in [0.25, 0.3) is 0 Å². The highest BCUT2D eigenvalue weighted by Gasteiger charge is 2.38. The van der Waals surface area contributed by atoms with Crippen molar-refractivity contribution in [3.63, 3.8) is 0 Å². The van der Waals surface area contributed by atoms with E-state index in [1.54, 1.807) is 11.3 Å². The third-order valence-corrected chi connectivity index (χ3v) is 5.34. The Hall–Kier alpha value is -0.450. The Morgan fingerprint density at radius 2 is 2.00 bits per heavy atom. The first kappa shape index (κ1) is 14.0. The van der Waals surface area contributed by atoms with Gasteiger partial charge in [-0.1, -0.05) is 19.3 Å². The Bertz CT molecular complexity index is 377. The first-order valence-corrected chi connectivity index (χ1v) is 7.63. The molecule has 1 fully saturated rings. The van der Waals surface area contributed by atoms with E-state index in [9.17, 15) is 0 Å². The fourth-order valence-electron chi connectivity index (χ4n) is 2.88. The molecule has 1 aliphatic rings. The summed E-state index contributed by atoms with van der Waals surface area (Å²) < 4.78 is 5.80. The van der Waals surface area contributed by atoms with E-state index < -0.39 is 0 Å². The van der Waals surface area contributed by atoms with E-state index in [0.29, 0.717) is 0 Å². The number of nitrogens with two attached hydrogens (primary N) is 1. The highest BCUT2D eigenvalue weighted by atomic mass is 32.1. The molecule has 1 unspecified atom stereocenters. The highest BCUT2D eigenvalue weighted by Crippen LogP contribution is 2.34. The lowest BCUT2D eigenvalue weighted by Gasteiger charge is -2.40. The lowest BCUT2D eigenvalue weighted by Crippen LogP contribution is -2.51. The Balaban J connectivity index is 2.07. The summed E-state index contributed by atoms with van der Waals surface area (Å²) in [4.78, 5) is 5.89. The number of methoxy groups -OCH3 is 1. The maximum Gasteiger partial charge on any atom is 0.0947 e. The van der Waals surface area contributed by atoms with E-state index in [2.05, 4.69) is 18.8 Å². The van der Waals surface area contributed by atoms with E-state index in [-0.39, 0.29) is 11.6 Å². The first-order chi connectivity index (χ1) is 8.57. The quantitative estimate of drug-likeness (QED) is 0.913. The second-order valence-corrected chi connectivity index (χ2v) is 6.68. The predicted molar refractivity (Wildman–Crippen MR) is 76.1 cm³/mol. The summed E-state index contributed by atoms with van der Waals surface area (Å²) in [5.74, 6) is 0. The van der Waals surface area contributed by atoms with Gasteiger partial charge in [0.1, 0.15) is 0 Å². The van der Waals surface area contributed by atoms with Crippen molar-refractivity contribution in [2.75, 3.05) is 7.11 Å². The SMILES string of the molecule is COC1(C(N)Cc2nc(C)c(C)s2)CCCCC1. The molecule has 3 nitrogen and oxygen atoms in total. The highest BCUT2D eigenvalue weighted by molar-refractivity contribution is 7.11. The number of hydrogen-bond donors (Lipinski definition) is 1. The van der Waals surface area contributed by atoms with E-state index in [1.807, 2.05) is 7.11 Å². The number of ether oxygens (including phenoxy) is 1. The summed E-state index contributed by atoms with van der Waals surface area (Å²) in [5, 5.41) is 1.15. The van der Waals surface area contributed by atoms with Crippen molar-refractivity contribution in [2.24, 2.45) is 5.73 Å². The number of hydrogen-bond acceptors (Lipinski definition) is 4. The van der Waals surface area contributed by atoms with Crippen LogP contribution in [0, 0.1) is 13.8 Å². The van der Waals surface area contributed by atoms with Gasteiger partial charge in [0, 0.05) is 24.4 Å². The molecule has 1 heterocycles. The molecule has 0 amide bonds. The first-order valence-electron chi connectivity index (χ1n) is 6.81. The van der Waals surface area contributed by atoms with Crippen molar-refractivity contribution in [2.45, 2.75) is 64.0 Å². The average Bonchev–Trinajstić information content (AvgIpc) is 2.69. The Morgan fingerprint density at radius 3 is 2.50 bits per heavy atom. The molecule has 0 spiro atoms. The molecule has 1 aromatic rings. The Labute approximate surface area is 114 Å². The van der Waals surface area contributed by atoms with Crippen molar-refractivity contribution < 1.29 is 4.74 Å². The zero-order chi connectivity index (χ0) is 13.2. The van der Waals surface area contributed by atoms with Crippen molar-refractivity contribution in [1.82, 2.24) is 4.98 Å². The maximum absolute atomic E-state index is 6.43. The molecule has 1 saturated carbocycles. The second kappa shape index (κ2) is 5.68. The van der Waals surface area contributed by atoms with Gasteiger partial charge in [0.2, 0.25) is 0 Å². The van der Waals surface area contributed by atoms with Crippen LogP contribution in [0.4, 0.5) is 0 Å². The zero-order valence-electron chi connectivity index (χ0n) is 11.7. The summed E-state index contributed by atoms with van der Waals surface area (Å²) in [6.45, 7) is 4.18. The molecule has 18 heavy (non-hydrogen) atoms. The maximum atomic E-state index is 6.43. The predicted octanol–water partition coefficient (Wildman–Crippen LogP) is 2.98. The molecule has 0 radical (unpaired) electrons. The molecule has 0 aromatic carbocycles. The minimum atomic E-state index is -0.119. The molecule has 102 valence electrons. The van der Waals surface area contributed by atoms with E-state index in [1.165, 1.54) is 24.1 Å². The van der Waals surface area contributed by atoms with Crippen LogP contribution in [0.3, 0.4) is 0 Å². The molecular weight excluding hydrogens is 244 g/mol.